The van der Waals surface area contributed by atoms with Gasteiger partial charge >= 0.3 is 0 Å². The van der Waals surface area contributed by atoms with Gasteiger partial charge in [-0.25, -0.2) is 0 Å². The highest BCUT2D eigenvalue weighted by atomic mass is 16.3. The number of benzene rings is 2. The van der Waals surface area contributed by atoms with Crippen LogP contribution in [0.4, 0.5) is 0 Å². The molecule has 0 bridgehead atoms. The molecule has 0 atom stereocenters. The van der Waals surface area contributed by atoms with Crippen molar-refractivity contribution < 1.29 is 10.2 Å². The molecule has 0 heterocycles. The summed E-state index contributed by atoms with van der Waals surface area (Å²) in [4.78, 5) is 0. The zero-order valence-corrected chi connectivity index (χ0v) is 21.0. The predicted octanol–water partition coefficient (Wildman–Crippen LogP) is 8.77. The maximum atomic E-state index is 10.7. The highest BCUT2D eigenvalue weighted by Gasteiger charge is 2.21. The minimum atomic E-state index is 0.544. The smallest absolute Gasteiger partial charge is 0.121 e. The first-order chi connectivity index (χ1) is 16.0. The fourth-order valence-electron chi connectivity index (χ4n) is 6.34. The minimum Gasteiger partial charge on any atom is -0.507 e. The zero-order chi connectivity index (χ0) is 23.2. The van der Waals surface area contributed by atoms with Crippen molar-refractivity contribution in [3.05, 3.63) is 57.6 Å². The van der Waals surface area contributed by atoms with Gasteiger partial charge in [-0.2, -0.15) is 0 Å². The Balaban J connectivity index is 1.31. The number of hydrogen-bond acceptors (Lipinski definition) is 2. The second-order valence-electron chi connectivity index (χ2n) is 10.9. The standard InChI is InChI=1S/C31H44O2/c1-22-18-24(20-28(30(22)32)26-14-8-4-9-15-26)12-6-3-7-13-25-19-23(2)31(33)29(21-25)27-16-10-5-11-17-27/h18-21,26-27,32-33H,3-17H2,1-2H3. The van der Waals surface area contributed by atoms with Crippen molar-refractivity contribution >= 4 is 0 Å². The number of hydrogen-bond donors (Lipinski definition) is 2. The molecule has 2 aliphatic carbocycles. The van der Waals surface area contributed by atoms with Gasteiger partial charge in [-0.3, -0.25) is 0 Å². The van der Waals surface area contributed by atoms with E-state index >= 15 is 0 Å². The number of phenolic OH excluding ortho intramolecular Hbond substituents is 2. The summed E-state index contributed by atoms with van der Waals surface area (Å²) in [5, 5.41) is 21.3. The summed E-state index contributed by atoms with van der Waals surface area (Å²) >= 11 is 0. The number of rotatable bonds is 8. The molecule has 2 saturated carbocycles. The highest BCUT2D eigenvalue weighted by Crippen LogP contribution is 2.40. The third kappa shape index (κ3) is 6.14. The summed E-state index contributed by atoms with van der Waals surface area (Å²) in [6.07, 6.45) is 18.6. The van der Waals surface area contributed by atoms with Crippen LogP contribution in [-0.2, 0) is 12.8 Å². The van der Waals surface area contributed by atoms with Crippen molar-refractivity contribution in [3.8, 4) is 11.5 Å². The first-order valence-electron chi connectivity index (χ1n) is 13.7. The van der Waals surface area contributed by atoms with Gasteiger partial charge in [0.2, 0.25) is 0 Å². The summed E-state index contributed by atoms with van der Waals surface area (Å²) in [5.74, 6) is 2.19. The van der Waals surface area contributed by atoms with Gasteiger partial charge in [-0.05, 0) is 110 Å². The van der Waals surface area contributed by atoms with E-state index in [1.807, 2.05) is 0 Å². The molecule has 0 saturated heterocycles. The third-order valence-corrected chi connectivity index (χ3v) is 8.30. The Morgan fingerprint density at radius 3 is 1.36 bits per heavy atom. The van der Waals surface area contributed by atoms with E-state index in [-0.39, 0.29) is 0 Å². The summed E-state index contributed by atoms with van der Waals surface area (Å²) in [6.45, 7) is 4.12. The molecule has 2 heteroatoms. The van der Waals surface area contributed by atoms with E-state index in [1.165, 1.54) is 106 Å². The van der Waals surface area contributed by atoms with E-state index in [9.17, 15) is 10.2 Å². The molecule has 0 radical (unpaired) electrons. The van der Waals surface area contributed by atoms with Crippen LogP contribution in [0.5, 0.6) is 11.5 Å². The molecule has 2 aromatic carbocycles. The average molecular weight is 449 g/mol. The lowest BCUT2D eigenvalue weighted by atomic mass is 9.82. The van der Waals surface area contributed by atoms with Crippen LogP contribution in [0.2, 0.25) is 0 Å². The molecule has 0 spiro atoms. The molecule has 4 rings (SSSR count). The Bertz CT molecular complexity index is 842. The topological polar surface area (TPSA) is 40.5 Å². The molecular formula is C31H44O2. The van der Waals surface area contributed by atoms with E-state index in [4.69, 9.17) is 0 Å². The normalized spacial score (nSPS) is 18.0. The fraction of sp³-hybridized carbons (Fsp3) is 0.613. The maximum Gasteiger partial charge on any atom is 0.121 e. The van der Waals surface area contributed by atoms with Gasteiger partial charge in [0.05, 0.1) is 0 Å². The van der Waals surface area contributed by atoms with Crippen molar-refractivity contribution in [2.45, 2.75) is 122 Å². The molecule has 0 aliphatic heterocycles. The van der Waals surface area contributed by atoms with Crippen LogP contribution >= 0.6 is 0 Å². The van der Waals surface area contributed by atoms with Crippen molar-refractivity contribution in [2.75, 3.05) is 0 Å². The van der Waals surface area contributed by atoms with E-state index in [0.717, 1.165) is 24.0 Å². The Morgan fingerprint density at radius 2 is 0.970 bits per heavy atom. The van der Waals surface area contributed by atoms with Gasteiger partial charge in [0.25, 0.3) is 0 Å². The molecule has 2 aliphatic rings. The summed E-state index contributed by atoms with van der Waals surface area (Å²) in [6, 6.07) is 9.00. The van der Waals surface area contributed by atoms with Crippen LogP contribution in [-0.4, -0.2) is 10.2 Å². The predicted molar refractivity (Wildman–Crippen MR) is 139 cm³/mol. The molecule has 2 nitrogen and oxygen atoms in total. The van der Waals surface area contributed by atoms with E-state index in [1.54, 1.807) is 0 Å². The largest absolute Gasteiger partial charge is 0.507 e. The summed E-state index contributed by atoms with van der Waals surface area (Å²) < 4.78 is 0. The second-order valence-corrected chi connectivity index (χ2v) is 10.9. The molecular weight excluding hydrogens is 404 g/mol. The van der Waals surface area contributed by atoms with E-state index in [0.29, 0.717) is 23.3 Å². The van der Waals surface area contributed by atoms with Gasteiger partial charge < -0.3 is 10.2 Å². The van der Waals surface area contributed by atoms with Crippen LogP contribution < -0.4 is 0 Å². The number of unbranched alkanes of at least 4 members (excludes halogenated alkanes) is 2. The van der Waals surface area contributed by atoms with E-state index < -0.39 is 0 Å². The van der Waals surface area contributed by atoms with Crippen molar-refractivity contribution in [1.29, 1.82) is 0 Å². The first-order valence-corrected chi connectivity index (χ1v) is 13.7. The SMILES string of the molecule is Cc1cc(CCCCCc2cc(C)c(O)c(C3CCCCC3)c2)cc(C2CCCCC2)c1O. The van der Waals surface area contributed by atoms with Crippen LogP contribution in [0.15, 0.2) is 24.3 Å². The fourth-order valence-corrected chi connectivity index (χ4v) is 6.34. The lowest BCUT2D eigenvalue weighted by Gasteiger charge is -2.24. The maximum absolute atomic E-state index is 10.7. The van der Waals surface area contributed by atoms with Gasteiger partial charge in [-0.15, -0.1) is 0 Å². The lowest BCUT2D eigenvalue weighted by Crippen LogP contribution is -2.06. The summed E-state index contributed by atoms with van der Waals surface area (Å²) in [5.41, 5.74) is 7.29. The molecule has 0 aromatic heterocycles. The zero-order valence-electron chi connectivity index (χ0n) is 21.0. The molecule has 0 amide bonds. The Morgan fingerprint density at radius 1 is 0.576 bits per heavy atom. The Kier molecular flexibility index (Phi) is 8.39. The average Bonchev–Trinajstić information content (AvgIpc) is 2.84. The lowest BCUT2D eigenvalue weighted by molar-refractivity contribution is 0.412. The molecule has 2 N–H and O–H groups in total. The van der Waals surface area contributed by atoms with Gasteiger partial charge in [0, 0.05) is 0 Å². The number of aromatic hydroxyl groups is 2. The third-order valence-electron chi connectivity index (χ3n) is 8.30. The van der Waals surface area contributed by atoms with E-state index in [2.05, 4.69) is 38.1 Å². The van der Waals surface area contributed by atoms with Crippen LogP contribution in [0.1, 0.15) is 129 Å². The molecule has 2 fully saturated rings. The highest BCUT2D eigenvalue weighted by molar-refractivity contribution is 5.46. The van der Waals surface area contributed by atoms with Crippen molar-refractivity contribution in [3.63, 3.8) is 0 Å². The number of aryl methyl sites for hydroxylation is 4. The van der Waals surface area contributed by atoms with Crippen molar-refractivity contribution in [2.24, 2.45) is 0 Å². The van der Waals surface area contributed by atoms with Crippen molar-refractivity contribution in [1.82, 2.24) is 0 Å². The molecule has 0 unspecified atom stereocenters. The quantitative estimate of drug-likeness (QED) is 0.396. The number of phenols is 2. The first kappa shape index (κ1) is 24.2. The Hall–Kier alpha value is -1.96. The minimum absolute atomic E-state index is 0.544. The molecule has 2 aromatic rings. The molecule has 33 heavy (non-hydrogen) atoms. The van der Waals surface area contributed by atoms with Gasteiger partial charge in [0.1, 0.15) is 11.5 Å². The second kappa shape index (κ2) is 11.4. The van der Waals surface area contributed by atoms with Crippen LogP contribution in [0.25, 0.3) is 0 Å². The summed E-state index contributed by atoms with van der Waals surface area (Å²) in [7, 11) is 0. The van der Waals surface area contributed by atoms with Gasteiger partial charge in [0.15, 0.2) is 0 Å². The van der Waals surface area contributed by atoms with Gasteiger partial charge in [-0.1, -0.05) is 69.2 Å². The monoisotopic (exact) mass is 448 g/mol. The van der Waals surface area contributed by atoms with Crippen LogP contribution in [0.3, 0.4) is 0 Å². The Labute approximate surface area is 201 Å². The molecule has 180 valence electrons. The van der Waals surface area contributed by atoms with Crippen LogP contribution in [0, 0.1) is 13.8 Å².